The molecule has 3 aromatic rings. The molecule has 0 saturated heterocycles. The Morgan fingerprint density at radius 3 is 2.54 bits per heavy atom. The van der Waals surface area contributed by atoms with E-state index in [0.717, 1.165) is 10.1 Å². The molecule has 1 N–H and O–H groups in total. The molecule has 0 radical (unpaired) electrons. The second kappa shape index (κ2) is 7.32. The van der Waals surface area contributed by atoms with Crippen LogP contribution in [0, 0.1) is 0 Å². The van der Waals surface area contributed by atoms with Crippen molar-refractivity contribution in [1.82, 2.24) is 14.5 Å². The molecule has 0 fully saturated rings. The molecule has 2 aromatic carbocycles. The van der Waals surface area contributed by atoms with Crippen LogP contribution in [0.2, 0.25) is 0 Å². The van der Waals surface area contributed by atoms with Gasteiger partial charge in [0.25, 0.3) is 21.5 Å². The molecule has 26 heavy (non-hydrogen) atoms. The number of sulfonamides is 1. The predicted octanol–water partition coefficient (Wildman–Crippen LogP) is 1.51. The summed E-state index contributed by atoms with van der Waals surface area (Å²) in [6, 6.07) is 15.6. The molecule has 1 heterocycles. The van der Waals surface area contributed by atoms with Gasteiger partial charge in [0, 0.05) is 5.39 Å². The summed E-state index contributed by atoms with van der Waals surface area (Å²) in [5, 5.41) is 5.85. The fourth-order valence-corrected chi connectivity index (χ4v) is 3.12. The third-order valence-corrected chi connectivity index (χ3v) is 4.56. The Kier molecular flexibility index (Phi) is 4.94. The van der Waals surface area contributed by atoms with Crippen molar-refractivity contribution in [2.75, 3.05) is 0 Å². The predicted molar refractivity (Wildman–Crippen MR) is 98.5 cm³/mol. The van der Waals surface area contributed by atoms with E-state index < -0.39 is 28.0 Å². The number of hydrogen-bond donors (Lipinski definition) is 1. The molecule has 0 saturated carbocycles. The number of carbonyl (C=O) groups excluding carboxylic acids is 1. The van der Waals surface area contributed by atoms with Crippen molar-refractivity contribution in [3.8, 4) is 0 Å². The molecular formula is C18H15N3O4S. The maximum Gasteiger partial charge on any atom is 0.275 e. The molecule has 3 rings (SSSR count). The maximum absolute atomic E-state index is 12.3. The van der Waals surface area contributed by atoms with E-state index in [-0.39, 0.29) is 0 Å². The van der Waals surface area contributed by atoms with E-state index >= 15 is 0 Å². The van der Waals surface area contributed by atoms with Crippen LogP contribution in [0.5, 0.6) is 0 Å². The highest BCUT2D eigenvalue weighted by Crippen LogP contribution is 2.06. The number of hydrogen-bond acceptors (Lipinski definition) is 5. The van der Waals surface area contributed by atoms with E-state index in [1.54, 1.807) is 48.5 Å². The minimum absolute atomic E-state index is 0.405. The normalized spacial score (nSPS) is 11.7. The Morgan fingerprint density at radius 1 is 1.08 bits per heavy atom. The fourth-order valence-electron chi connectivity index (χ4n) is 2.33. The summed E-state index contributed by atoms with van der Waals surface area (Å²) in [5.41, 5.74) is 0.216. The number of rotatable bonds is 5. The Morgan fingerprint density at radius 2 is 1.77 bits per heavy atom. The highest BCUT2D eigenvalue weighted by Gasteiger charge is 2.13. The monoisotopic (exact) mass is 369 g/mol. The minimum Gasteiger partial charge on any atom is -0.272 e. The lowest BCUT2D eigenvalue weighted by atomic mass is 10.2. The number of amides is 1. The van der Waals surface area contributed by atoms with Crippen molar-refractivity contribution in [2.45, 2.75) is 6.54 Å². The van der Waals surface area contributed by atoms with Crippen LogP contribution in [0.4, 0.5) is 0 Å². The van der Waals surface area contributed by atoms with E-state index in [2.05, 4.69) is 5.10 Å². The second-order valence-corrected chi connectivity index (χ2v) is 7.04. The molecule has 0 aliphatic rings. The molecule has 0 spiro atoms. The zero-order chi connectivity index (χ0) is 18.6. The SMILES string of the molecule is O=C(Cn1ncc2ccccc2c1=O)NS(=O)(=O)/C=C/c1ccccc1. The third-order valence-electron chi connectivity index (χ3n) is 3.55. The van der Waals surface area contributed by atoms with Gasteiger partial charge in [-0.15, -0.1) is 0 Å². The van der Waals surface area contributed by atoms with Gasteiger partial charge in [0.1, 0.15) is 6.54 Å². The van der Waals surface area contributed by atoms with Gasteiger partial charge in [-0.2, -0.15) is 5.10 Å². The van der Waals surface area contributed by atoms with Crippen LogP contribution in [0.25, 0.3) is 16.8 Å². The molecule has 7 nitrogen and oxygen atoms in total. The first kappa shape index (κ1) is 17.6. The van der Waals surface area contributed by atoms with Gasteiger partial charge in [0.2, 0.25) is 0 Å². The van der Waals surface area contributed by atoms with E-state index in [4.69, 9.17) is 0 Å². The standard InChI is InChI=1S/C18H15N3O4S/c22-17(20-26(24,25)11-10-14-6-2-1-3-7-14)13-21-18(23)16-9-5-4-8-15(16)12-19-21/h1-12H,13H2,(H,20,22)/b11-10+. The first-order valence-electron chi connectivity index (χ1n) is 7.68. The highest BCUT2D eigenvalue weighted by molar-refractivity contribution is 7.93. The molecular weight excluding hydrogens is 354 g/mol. The summed E-state index contributed by atoms with van der Waals surface area (Å²) in [6.45, 7) is -0.498. The topological polar surface area (TPSA) is 98.1 Å². The lowest BCUT2D eigenvalue weighted by Crippen LogP contribution is -2.36. The Bertz CT molecular complexity index is 1140. The maximum atomic E-state index is 12.3. The molecule has 0 aliphatic heterocycles. The van der Waals surface area contributed by atoms with Gasteiger partial charge in [0.05, 0.1) is 17.0 Å². The number of benzene rings is 2. The Labute approximate surface area is 149 Å². The van der Waals surface area contributed by atoms with Crippen molar-refractivity contribution >= 4 is 32.8 Å². The van der Waals surface area contributed by atoms with Crippen LogP contribution in [0.1, 0.15) is 5.56 Å². The van der Waals surface area contributed by atoms with Gasteiger partial charge in [0.15, 0.2) is 0 Å². The molecule has 8 heteroatoms. The quantitative estimate of drug-likeness (QED) is 0.735. The van der Waals surface area contributed by atoms with Crippen LogP contribution in [-0.2, 0) is 21.4 Å². The molecule has 132 valence electrons. The number of nitrogens with zero attached hydrogens (tertiary/aromatic N) is 2. The van der Waals surface area contributed by atoms with Crippen LogP contribution >= 0.6 is 0 Å². The summed E-state index contributed by atoms with van der Waals surface area (Å²) >= 11 is 0. The van der Waals surface area contributed by atoms with Gasteiger partial charge < -0.3 is 0 Å². The number of aromatic nitrogens is 2. The minimum atomic E-state index is -3.98. The molecule has 0 unspecified atom stereocenters. The Balaban J connectivity index is 1.73. The Hall–Kier alpha value is -3.26. The average molecular weight is 369 g/mol. The molecule has 1 aromatic heterocycles. The second-order valence-electron chi connectivity index (χ2n) is 5.48. The van der Waals surface area contributed by atoms with E-state index in [1.807, 2.05) is 10.8 Å². The first-order valence-corrected chi connectivity index (χ1v) is 9.23. The first-order chi connectivity index (χ1) is 12.4. The third kappa shape index (κ3) is 4.22. The van der Waals surface area contributed by atoms with E-state index in [0.29, 0.717) is 16.3 Å². The van der Waals surface area contributed by atoms with Crippen molar-refractivity contribution in [1.29, 1.82) is 0 Å². The molecule has 0 bridgehead atoms. The highest BCUT2D eigenvalue weighted by atomic mass is 32.2. The lowest BCUT2D eigenvalue weighted by Gasteiger charge is -2.06. The summed E-state index contributed by atoms with van der Waals surface area (Å²) in [7, 11) is -3.98. The number of carbonyl (C=O) groups is 1. The summed E-state index contributed by atoms with van der Waals surface area (Å²) in [4.78, 5) is 24.3. The fraction of sp³-hybridized carbons (Fsp3) is 0.0556. The van der Waals surface area contributed by atoms with Gasteiger partial charge in [-0.1, -0.05) is 48.5 Å². The molecule has 0 aliphatic carbocycles. The summed E-state index contributed by atoms with van der Waals surface area (Å²) in [6.07, 6.45) is 2.82. The lowest BCUT2D eigenvalue weighted by molar-refractivity contribution is -0.120. The van der Waals surface area contributed by atoms with Crippen LogP contribution < -0.4 is 10.3 Å². The summed E-state index contributed by atoms with van der Waals surface area (Å²) < 4.78 is 26.8. The van der Waals surface area contributed by atoms with Crippen LogP contribution in [0.15, 0.2) is 71.0 Å². The smallest absolute Gasteiger partial charge is 0.272 e. The van der Waals surface area contributed by atoms with Gasteiger partial charge in [-0.05, 0) is 17.7 Å². The van der Waals surface area contributed by atoms with Crippen molar-refractivity contribution in [3.63, 3.8) is 0 Å². The van der Waals surface area contributed by atoms with Crippen molar-refractivity contribution < 1.29 is 13.2 Å². The molecule has 1 amide bonds. The number of nitrogens with one attached hydrogen (secondary N) is 1. The zero-order valence-electron chi connectivity index (χ0n) is 13.6. The number of fused-ring (bicyclic) bond motifs is 1. The van der Waals surface area contributed by atoms with Crippen molar-refractivity contribution in [3.05, 3.63) is 82.1 Å². The van der Waals surface area contributed by atoms with Gasteiger partial charge >= 0.3 is 0 Å². The van der Waals surface area contributed by atoms with Crippen LogP contribution in [0.3, 0.4) is 0 Å². The average Bonchev–Trinajstić information content (AvgIpc) is 2.63. The van der Waals surface area contributed by atoms with Crippen LogP contribution in [-0.4, -0.2) is 24.1 Å². The zero-order valence-corrected chi connectivity index (χ0v) is 14.4. The molecule has 0 atom stereocenters. The largest absolute Gasteiger partial charge is 0.275 e. The van der Waals surface area contributed by atoms with Gasteiger partial charge in [-0.25, -0.2) is 17.8 Å². The van der Waals surface area contributed by atoms with Crippen molar-refractivity contribution in [2.24, 2.45) is 0 Å². The van der Waals surface area contributed by atoms with Gasteiger partial charge in [-0.3, -0.25) is 9.59 Å². The summed E-state index contributed by atoms with van der Waals surface area (Å²) in [5.74, 6) is -0.854. The van der Waals surface area contributed by atoms with E-state index in [1.165, 1.54) is 12.3 Å². The van der Waals surface area contributed by atoms with E-state index in [9.17, 15) is 18.0 Å².